The van der Waals surface area contributed by atoms with Crippen molar-refractivity contribution < 1.29 is 0 Å². The molecule has 0 radical (unpaired) electrons. The highest BCUT2D eigenvalue weighted by molar-refractivity contribution is 7.20. The van der Waals surface area contributed by atoms with Gasteiger partial charge in [0.15, 0.2) is 0 Å². The molecule has 0 aliphatic heterocycles. The van der Waals surface area contributed by atoms with Crippen molar-refractivity contribution in [2.24, 2.45) is 5.92 Å². The molecule has 1 aliphatic rings. The highest BCUT2D eigenvalue weighted by atomic mass is 32.1. The second-order valence-electron chi connectivity index (χ2n) is 6.06. The minimum atomic E-state index is 0.615. The van der Waals surface area contributed by atoms with Gasteiger partial charge in [0, 0.05) is 15.0 Å². The topological polar surface area (TPSA) is 0 Å². The first-order valence-electron chi connectivity index (χ1n) is 7.84. The van der Waals surface area contributed by atoms with E-state index in [1.54, 1.807) is 0 Å². The van der Waals surface area contributed by atoms with Crippen molar-refractivity contribution in [1.82, 2.24) is 0 Å². The molecule has 0 amide bonds. The summed E-state index contributed by atoms with van der Waals surface area (Å²) in [6, 6.07) is 6.63. The number of rotatable bonds is 3. The molecule has 1 aliphatic carbocycles. The molecule has 0 N–H and O–H groups in total. The Bertz CT molecular complexity index is 812. The minimum Gasteiger partial charge on any atom is -0.135 e. The Morgan fingerprint density at radius 2 is 2.14 bits per heavy atom. The molecular formula is C21H22S. The Morgan fingerprint density at radius 1 is 1.32 bits per heavy atom. The molecular weight excluding hydrogens is 284 g/mol. The Balaban J connectivity index is 2.26. The third-order valence-corrected chi connectivity index (χ3v) is 5.35. The van der Waals surface area contributed by atoms with Crippen LogP contribution >= 0.6 is 11.3 Å². The van der Waals surface area contributed by atoms with Crippen LogP contribution in [0.4, 0.5) is 0 Å². The van der Waals surface area contributed by atoms with E-state index < -0.39 is 0 Å². The van der Waals surface area contributed by atoms with Crippen molar-refractivity contribution in [2.45, 2.75) is 27.2 Å². The average Bonchev–Trinajstić information content (AvgIpc) is 2.83. The largest absolute Gasteiger partial charge is 0.135 e. The molecule has 0 saturated carbocycles. The summed E-state index contributed by atoms with van der Waals surface area (Å²) in [5, 5.41) is 1.32. The zero-order valence-electron chi connectivity index (χ0n) is 13.5. The van der Waals surface area contributed by atoms with Gasteiger partial charge in [0.25, 0.3) is 0 Å². The van der Waals surface area contributed by atoms with Crippen molar-refractivity contribution in [3.05, 3.63) is 64.6 Å². The summed E-state index contributed by atoms with van der Waals surface area (Å²) in [5.41, 5.74) is 5.44. The lowest BCUT2D eigenvalue weighted by Gasteiger charge is -2.17. The lowest BCUT2D eigenvalue weighted by molar-refractivity contribution is 0.710. The summed E-state index contributed by atoms with van der Waals surface area (Å²) < 4.78 is 1.37. The zero-order chi connectivity index (χ0) is 15.7. The number of hydrogen-bond acceptors (Lipinski definition) is 1. The number of allylic oxidation sites excluding steroid dienone is 5. The van der Waals surface area contributed by atoms with E-state index in [9.17, 15) is 0 Å². The van der Waals surface area contributed by atoms with Crippen LogP contribution in [0, 0.1) is 5.92 Å². The van der Waals surface area contributed by atoms with Crippen LogP contribution in [0.2, 0.25) is 0 Å². The van der Waals surface area contributed by atoms with Crippen molar-refractivity contribution in [1.29, 1.82) is 0 Å². The second kappa shape index (κ2) is 6.10. The summed E-state index contributed by atoms with van der Waals surface area (Å²) in [5.74, 6) is 0.615. The van der Waals surface area contributed by atoms with Gasteiger partial charge in [-0.25, -0.2) is 0 Å². The molecule has 0 bridgehead atoms. The molecule has 2 aromatic rings. The zero-order valence-corrected chi connectivity index (χ0v) is 14.3. The maximum Gasteiger partial charge on any atom is 0.0433 e. The summed E-state index contributed by atoms with van der Waals surface area (Å²) in [4.78, 5) is 1.30. The van der Waals surface area contributed by atoms with Crippen molar-refractivity contribution in [3.8, 4) is 0 Å². The normalized spacial score (nSPS) is 18.6. The van der Waals surface area contributed by atoms with Crippen LogP contribution in [0.15, 0.2) is 48.6 Å². The molecule has 0 fully saturated rings. The van der Waals surface area contributed by atoms with Crippen LogP contribution in [0.1, 0.15) is 43.2 Å². The van der Waals surface area contributed by atoms with E-state index in [1.807, 2.05) is 17.4 Å². The predicted octanol–water partition coefficient (Wildman–Crippen LogP) is 6.95. The fourth-order valence-electron chi connectivity index (χ4n) is 3.28. The molecule has 1 aromatic carbocycles. The Kier molecular flexibility index (Phi) is 4.17. The van der Waals surface area contributed by atoms with E-state index in [0.717, 1.165) is 0 Å². The predicted molar refractivity (Wildman–Crippen MR) is 102 cm³/mol. The van der Waals surface area contributed by atoms with Gasteiger partial charge in [-0.2, -0.15) is 0 Å². The lowest BCUT2D eigenvalue weighted by Crippen LogP contribution is -1.99. The van der Waals surface area contributed by atoms with Gasteiger partial charge in [-0.1, -0.05) is 61.6 Å². The van der Waals surface area contributed by atoms with Crippen LogP contribution in [0.25, 0.3) is 27.8 Å². The second-order valence-corrected chi connectivity index (χ2v) is 7.11. The molecule has 1 atom stereocenters. The molecule has 3 rings (SSSR count). The van der Waals surface area contributed by atoms with Crippen molar-refractivity contribution in [2.75, 3.05) is 0 Å². The molecule has 1 aromatic heterocycles. The molecule has 22 heavy (non-hydrogen) atoms. The third kappa shape index (κ3) is 2.62. The molecule has 1 unspecified atom stereocenters. The van der Waals surface area contributed by atoms with Crippen LogP contribution in [-0.2, 0) is 0 Å². The fourth-order valence-corrected chi connectivity index (χ4v) is 4.59. The van der Waals surface area contributed by atoms with Gasteiger partial charge in [-0.05, 0) is 49.0 Å². The first kappa shape index (κ1) is 15.1. The van der Waals surface area contributed by atoms with Crippen molar-refractivity contribution in [3.63, 3.8) is 0 Å². The van der Waals surface area contributed by atoms with Gasteiger partial charge in [0.1, 0.15) is 0 Å². The lowest BCUT2D eigenvalue weighted by atomic mass is 9.89. The standard InChI is InChI=1S/C21H22S/c1-5-8-20-17(6-2)19-10-7-9-18(21(19)22-20)16-12-14(3)11-15(4)13-16/h5-10,12-14H,2,11H2,1,3-4H3/b8-5-. The molecule has 0 spiro atoms. The monoisotopic (exact) mass is 306 g/mol. The third-order valence-electron chi connectivity index (χ3n) is 4.13. The Hall–Kier alpha value is -1.86. The van der Waals surface area contributed by atoms with Gasteiger partial charge in [0.05, 0.1) is 0 Å². The maximum atomic E-state index is 4.01. The first-order chi connectivity index (χ1) is 10.6. The number of hydrogen-bond donors (Lipinski definition) is 0. The average molecular weight is 306 g/mol. The van der Waals surface area contributed by atoms with Crippen LogP contribution in [0.5, 0.6) is 0 Å². The highest BCUT2D eigenvalue weighted by Gasteiger charge is 2.15. The summed E-state index contributed by atoms with van der Waals surface area (Å²) in [6.45, 7) is 10.6. The molecule has 0 nitrogen and oxygen atoms in total. The van der Waals surface area contributed by atoms with E-state index in [-0.39, 0.29) is 0 Å². The minimum absolute atomic E-state index is 0.615. The fraction of sp³-hybridized carbons (Fsp3) is 0.238. The van der Waals surface area contributed by atoms with E-state index in [2.05, 4.69) is 69.9 Å². The van der Waals surface area contributed by atoms with E-state index in [4.69, 9.17) is 0 Å². The highest BCUT2D eigenvalue weighted by Crippen LogP contribution is 2.39. The summed E-state index contributed by atoms with van der Waals surface area (Å²) in [6.07, 6.45) is 12.2. The Morgan fingerprint density at radius 3 is 2.82 bits per heavy atom. The summed E-state index contributed by atoms with van der Waals surface area (Å²) >= 11 is 1.87. The molecule has 0 saturated heterocycles. The SMILES string of the molecule is C=Cc1c(/C=C\C)sc2c(C3=CC(C)CC(C)=C3)cccc12. The van der Waals surface area contributed by atoms with Crippen molar-refractivity contribution >= 4 is 39.1 Å². The summed E-state index contributed by atoms with van der Waals surface area (Å²) in [7, 11) is 0. The van der Waals surface area contributed by atoms with E-state index in [1.165, 1.54) is 43.7 Å². The van der Waals surface area contributed by atoms with Gasteiger partial charge in [-0.3, -0.25) is 0 Å². The Labute approximate surface area is 137 Å². The van der Waals surface area contributed by atoms with Gasteiger partial charge in [-0.15, -0.1) is 11.3 Å². The first-order valence-corrected chi connectivity index (χ1v) is 8.65. The maximum absolute atomic E-state index is 4.01. The molecule has 1 heteroatoms. The van der Waals surface area contributed by atoms with Crippen LogP contribution in [-0.4, -0.2) is 0 Å². The van der Waals surface area contributed by atoms with Crippen LogP contribution in [0.3, 0.4) is 0 Å². The number of benzene rings is 1. The molecule has 1 heterocycles. The number of fused-ring (bicyclic) bond motifs is 1. The van der Waals surface area contributed by atoms with E-state index in [0.29, 0.717) is 5.92 Å². The number of thiophene rings is 1. The quantitative estimate of drug-likeness (QED) is 0.575. The smallest absolute Gasteiger partial charge is 0.0433 e. The molecule has 112 valence electrons. The van der Waals surface area contributed by atoms with E-state index >= 15 is 0 Å². The van der Waals surface area contributed by atoms with Gasteiger partial charge in [0.2, 0.25) is 0 Å². The van der Waals surface area contributed by atoms with Crippen LogP contribution < -0.4 is 0 Å². The van der Waals surface area contributed by atoms with Gasteiger partial charge < -0.3 is 0 Å². The van der Waals surface area contributed by atoms with Gasteiger partial charge >= 0.3 is 0 Å².